The molecule has 0 atom stereocenters. The average Bonchev–Trinajstić information content (AvgIpc) is 3.41. The van der Waals surface area contributed by atoms with E-state index in [1.54, 1.807) is 24.1 Å². The van der Waals surface area contributed by atoms with E-state index >= 15 is 0 Å². The number of hydrogen-bond donors (Lipinski definition) is 1. The number of rotatable bonds is 8. The molecule has 0 saturated carbocycles. The Kier molecular flexibility index (Phi) is 7.18. The van der Waals surface area contributed by atoms with Crippen molar-refractivity contribution in [1.82, 2.24) is 14.9 Å². The Hall–Kier alpha value is -2.76. The predicted octanol–water partition coefficient (Wildman–Crippen LogP) is 5.22. The minimum absolute atomic E-state index is 0.0476. The number of fused-ring (bicyclic) bond motifs is 1. The molecule has 166 valence electrons. The van der Waals surface area contributed by atoms with Gasteiger partial charge in [-0.2, -0.15) is 0 Å². The zero-order chi connectivity index (χ0) is 22.5. The second kappa shape index (κ2) is 10.2. The summed E-state index contributed by atoms with van der Waals surface area (Å²) in [7, 11) is 1.61. The van der Waals surface area contributed by atoms with Gasteiger partial charge in [0, 0.05) is 29.9 Å². The summed E-state index contributed by atoms with van der Waals surface area (Å²) in [6.45, 7) is 0. The molecule has 0 spiro atoms. The van der Waals surface area contributed by atoms with Crippen molar-refractivity contribution in [2.45, 2.75) is 31.7 Å². The molecule has 4 rings (SSSR count). The third-order valence-electron chi connectivity index (χ3n) is 5.66. The zero-order valence-corrected chi connectivity index (χ0v) is 19.4. The van der Waals surface area contributed by atoms with Gasteiger partial charge in [0.2, 0.25) is 11.2 Å². The molecule has 7 heteroatoms. The number of methoxy groups -OCH3 is 1. The molecule has 0 radical (unpaired) electrons. The lowest BCUT2D eigenvalue weighted by Crippen LogP contribution is -2.36. The Bertz CT molecular complexity index is 1110. The number of halogens is 2. The summed E-state index contributed by atoms with van der Waals surface area (Å²) in [5, 5.41) is 3.57. The normalized spacial score (nSPS) is 13.8. The van der Waals surface area contributed by atoms with Crippen LogP contribution in [0.3, 0.4) is 0 Å². The first-order valence-corrected chi connectivity index (χ1v) is 11.5. The highest BCUT2D eigenvalue weighted by atomic mass is 35.5. The van der Waals surface area contributed by atoms with Crippen LogP contribution in [0.1, 0.15) is 29.5 Å². The highest BCUT2D eigenvalue weighted by molar-refractivity contribution is 6.28. The average molecular weight is 470 g/mol. The van der Waals surface area contributed by atoms with E-state index in [1.807, 2.05) is 36.4 Å². The van der Waals surface area contributed by atoms with Crippen molar-refractivity contribution < 1.29 is 9.53 Å². The maximum atomic E-state index is 13.1. The number of imidazole rings is 1. The van der Waals surface area contributed by atoms with Crippen LogP contribution in [0.4, 0.5) is 0 Å². The third kappa shape index (κ3) is 5.00. The number of nitrogens with one attached hydrogen (secondary N) is 1. The van der Waals surface area contributed by atoms with Gasteiger partial charge in [-0.25, -0.2) is 4.98 Å². The fourth-order valence-corrected chi connectivity index (χ4v) is 4.43. The van der Waals surface area contributed by atoms with Gasteiger partial charge in [0.15, 0.2) is 0 Å². The predicted molar refractivity (Wildman–Crippen MR) is 129 cm³/mol. The van der Waals surface area contributed by atoms with Gasteiger partial charge in [0.1, 0.15) is 5.75 Å². The number of benzene rings is 2. The quantitative estimate of drug-likeness (QED) is 0.363. The summed E-state index contributed by atoms with van der Waals surface area (Å²) in [4.78, 5) is 17.2. The van der Waals surface area contributed by atoms with Crippen molar-refractivity contribution in [2.24, 2.45) is 0 Å². The molecule has 0 saturated heterocycles. The van der Waals surface area contributed by atoms with Crippen LogP contribution in [0.5, 0.6) is 5.75 Å². The lowest BCUT2D eigenvalue weighted by atomic mass is 10.0. The summed E-state index contributed by atoms with van der Waals surface area (Å²) in [6, 6.07) is 14.2. The second-order valence-electron chi connectivity index (χ2n) is 7.81. The van der Waals surface area contributed by atoms with Gasteiger partial charge < -0.3 is 10.1 Å². The first kappa shape index (κ1) is 22.4. The van der Waals surface area contributed by atoms with Crippen molar-refractivity contribution in [2.75, 3.05) is 13.0 Å². The number of carbonyl (C=O) groups is 1. The maximum Gasteiger partial charge on any atom is 0.247 e. The molecule has 1 aliphatic rings. The van der Waals surface area contributed by atoms with Crippen LogP contribution in [0, 0.1) is 0 Å². The summed E-state index contributed by atoms with van der Waals surface area (Å²) in [5.41, 5.74) is 4.97. The Balaban J connectivity index is 1.55. The first-order valence-electron chi connectivity index (χ1n) is 10.6. The molecule has 0 unspecified atom stereocenters. The van der Waals surface area contributed by atoms with E-state index in [-0.39, 0.29) is 11.9 Å². The highest BCUT2D eigenvalue weighted by Gasteiger charge is 2.23. The minimum atomic E-state index is -0.0476. The van der Waals surface area contributed by atoms with Gasteiger partial charge in [0.25, 0.3) is 0 Å². The molecule has 1 N–H and O–H groups in total. The van der Waals surface area contributed by atoms with E-state index < -0.39 is 0 Å². The molecule has 0 bridgehead atoms. The second-order valence-corrected chi connectivity index (χ2v) is 8.52. The van der Waals surface area contributed by atoms with Crippen molar-refractivity contribution in [3.05, 3.63) is 82.4 Å². The zero-order valence-electron chi connectivity index (χ0n) is 17.9. The number of ether oxygens (including phenoxy) is 1. The van der Waals surface area contributed by atoms with Gasteiger partial charge in [0.05, 0.1) is 12.8 Å². The molecule has 1 amide bonds. The minimum Gasteiger partial charge on any atom is -0.495 e. The van der Waals surface area contributed by atoms with E-state index in [9.17, 15) is 4.79 Å². The fourth-order valence-electron chi connectivity index (χ4n) is 4.10. The SMILES string of the molecule is COc1cc(C=C(CCCCl)C(=O)NC2Cc3ccccc3C2)ccc1-n1ccnc1Cl. The maximum absolute atomic E-state index is 13.1. The summed E-state index contributed by atoms with van der Waals surface area (Å²) in [6.07, 6.45) is 8.36. The van der Waals surface area contributed by atoms with Crippen molar-refractivity contribution in [3.8, 4) is 11.4 Å². The molecule has 5 nitrogen and oxygen atoms in total. The van der Waals surface area contributed by atoms with Gasteiger partial charge in [-0.05, 0) is 72.2 Å². The lowest BCUT2D eigenvalue weighted by Gasteiger charge is -2.15. The Morgan fingerprint density at radius 3 is 2.62 bits per heavy atom. The van der Waals surface area contributed by atoms with Crippen molar-refractivity contribution >= 4 is 35.2 Å². The molecule has 3 aromatic rings. The Labute approximate surface area is 198 Å². The fraction of sp³-hybridized carbons (Fsp3) is 0.280. The van der Waals surface area contributed by atoms with Gasteiger partial charge in [-0.15, -0.1) is 11.6 Å². The van der Waals surface area contributed by atoms with Crippen LogP contribution in [0.25, 0.3) is 11.8 Å². The number of aromatic nitrogens is 2. The number of hydrogen-bond acceptors (Lipinski definition) is 3. The van der Waals surface area contributed by atoms with Crippen LogP contribution >= 0.6 is 23.2 Å². The van der Waals surface area contributed by atoms with Gasteiger partial charge in [-0.3, -0.25) is 9.36 Å². The van der Waals surface area contributed by atoms with E-state index in [0.717, 1.165) is 30.5 Å². The number of carbonyl (C=O) groups excluding carboxylic acids is 1. The van der Waals surface area contributed by atoms with Crippen molar-refractivity contribution in [1.29, 1.82) is 0 Å². The van der Waals surface area contributed by atoms with Crippen LogP contribution in [0.15, 0.2) is 60.4 Å². The van der Waals surface area contributed by atoms with Crippen LogP contribution in [0.2, 0.25) is 5.28 Å². The number of nitrogens with zero attached hydrogens (tertiary/aromatic N) is 2. The molecule has 32 heavy (non-hydrogen) atoms. The molecular formula is C25H25Cl2N3O2. The Morgan fingerprint density at radius 1 is 1.25 bits per heavy atom. The van der Waals surface area contributed by atoms with Crippen LogP contribution < -0.4 is 10.1 Å². The Morgan fingerprint density at radius 2 is 2.00 bits per heavy atom. The molecule has 1 aromatic heterocycles. The van der Waals surface area contributed by atoms with Gasteiger partial charge >= 0.3 is 0 Å². The van der Waals surface area contributed by atoms with E-state index in [1.165, 1.54) is 11.1 Å². The highest BCUT2D eigenvalue weighted by Crippen LogP contribution is 2.28. The summed E-state index contributed by atoms with van der Waals surface area (Å²) >= 11 is 12.1. The first-order chi connectivity index (χ1) is 15.6. The third-order valence-corrected chi connectivity index (χ3v) is 6.20. The van der Waals surface area contributed by atoms with E-state index in [0.29, 0.717) is 28.9 Å². The summed E-state index contributed by atoms with van der Waals surface area (Å²) in [5.74, 6) is 1.09. The number of alkyl halides is 1. The van der Waals surface area contributed by atoms with Gasteiger partial charge in [-0.1, -0.05) is 30.3 Å². The monoisotopic (exact) mass is 469 g/mol. The molecule has 1 aliphatic carbocycles. The van der Waals surface area contributed by atoms with E-state index in [2.05, 4.69) is 22.4 Å². The molecule has 0 fully saturated rings. The molecule has 2 aromatic carbocycles. The van der Waals surface area contributed by atoms with E-state index in [4.69, 9.17) is 27.9 Å². The number of amides is 1. The topological polar surface area (TPSA) is 56.1 Å². The summed E-state index contributed by atoms with van der Waals surface area (Å²) < 4.78 is 7.32. The van der Waals surface area contributed by atoms with Crippen molar-refractivity contribution in [3.63, 3.8) is 0 Å². The lowest BCUT2D eigenvalue weighted by molar-refractivity contribution is -0.118. The largest absolute Gasteiger partial charge is 0.495 e. The smallest absolute Gasteiger partial charge is 0.247 e. The van der Waals surface area contributed by atoms with Crippen LogP contribution in [-0.4, -0.2) is 34.5 Å². The molecule has 0 aliphatic heterocycles. The molecule has 1 heterocycles. The molecular weight excluding hydrogens is 445 g/mol. The standard InChI is InChI=1S/C25H25Cl2N3O2/c1-32-23-14-17(8-9-22(23)30-12-11-28-25(30)27)13-20(7-4-10-26)24(31)29-21-15-18-5-2-3-6-19(18)16-21/h2-3,5-6,8-9,11-14,21H,4,7,10,15-16H2,1H3,(H,29,31). The van der Waals surface area contributed by atoms with Crippen LogP contribution in [-0.2, 0) is 17.6 Å².